The van der Waals surface area contributed by atoms with Gasteiger partial charge in [0.2, 0.25) is 0 Å². The summed E-state index contributed by atoms with van der Waals surface area (Å²) in [5, 5.41) is 3.08. The number of esters is 1. The first-order chi connectivity index (χ1) is 7.06. The van der Waals surface area contributed by atoms with Gasteiger partial charge in [-0.25, -0.2) is 0 Å². The van der Waals surface area contributed by atoms with Crippen LogP contribution in [0.4, 0.5) is 0 Å². The molecule has 0 aliphatic carbocycles. The van der Waals surface area contributed by atoms with Gasteiger partial charge in [-0.3, -0.25) is 4.79 Å². The van der Waals surface area contributed by atoms with Crippen LogP contribution in [0.3, 0.4) is 0 Å². The van der Waals surface area contributed by atoms with Gasteiger partial charge in [-0.1, -0.05) is 6.92 Å². The molecule has 1 aliphatic heterocycles. The summed E-state index contributed by atoms with van der Waals surface area (Å²) in [6.45, 7) is 7.55. The number of hydrogen-bond donors (Lipinski definition) is 1. The van der Waals surface area contributed by atoms with Crippen LogP contribution in [0, 0.1) is 0 Å². The van der Waals surface area contributed by atoms with Gasteiger partial charge in [0.25, 0.3) is 0 Å². The highest BCUT2D eigenvalue weighted by atomic mass is 16.6. The van der Waals surface area contributed by atoms with Crippen molar-refractivity contribution >= 4 is 5.97 Å². The molecular formula is C11H21NO3. The van der Waals surface area contributed by atoms with Crippen molar-refractivity contribution in [2.75, 3.05) is 19.8 Å². The fourth-order valence-corrected chi connectivity index (χ4v) is 1.64. The van der Waals surface area contributed by atoms with E-state index < -0.39 is 5.54 Å². The molecule has 1 heterocycles. The third-order valence-corrected chi connectivity index (χ3v) is 2.55. The Labute approximate surface area is 91.3 Å². The number of likely N-dealkylation sites (N-methyl/N-ethyl adjacent to an activating group) is 1. The molecule has 0 spiro atoms. The van der Waals surface area contributed by atoms with Crippen molar-refractivity contribution in [3.05, 3.63) is 0 Å². The Morgan fingerprint density at radius 2 is 2.33 bits per heavy atom. The van der Waals surface area contributed by atoms with Gasteiger partial charge in [0.1, 0.15) is 12.1 Å². The lowest BCUT2D eigenvalue weighted by Crippen LogP contribution is -2.48. The highest BCUT2D eigenvalue weighted by Crippen LogP contribution is 2.13. The van der Waals surface area contributed by atoms with E-state index in [4.69, 9.17) is 9.47 Å². The predicted molar refractivity (Wildman–Crippen MR) is 57.7 cm³/mol. The Balaban J connectivity index is 2.27. The minimum absolute atomic E-state index is 0.103. The first-order valence-electron chi connectivity index (χ1n) is 5.60. The van der Waals surface area contributed by atoms with E-state index in [1.807, 2.05) is 20.8 Å². The van der Waals surface area contributed by atoms with E-state index in [1.54, 1.807) is 0 Å². The Morgan fingerprint density at radius 3 is 2.87 bits per heavy atom. The molecule has 0 aromatic heterocycles. The lowest BCUT2D eigenvalue weighted by atomic mass is 10.1. The van der Waals surface area contributed by atoms with E-state index in [2.05, 4.69) is 5.32 Å². The van der Waals surface area contributed by atoms with Crippen LogP contribution in [-0.2, 0) is 14.3 Å². The average molecular weight is 215 g/mol. The Bertz CT molecular complexity index is 210. The Morgan fingerprint density at radius 1 is 1.60 bits per heavy atom. The van der Waals surface area contributed by atoms with E-state index in [0.29, 0.717) is 6.61 Å². The fraction of sp³-hybridized carbons (Fsp3) is 0.909. The van der Waals surface area contributed by atoms with Gasteiger partial charge in [0, 0.05) is 6.61 Å². The van der Waals surface area contributed by atoms with Gasteiger partial charge >= 0.3 is 5.97 Å². The molecule has 1 N–H and O–H groups in total. The normalized spacial score (nSPS) is 21.7. The molecule has 1 fully saturated rings. The molecule has 0 aromatic carbocycles. The molecule has 0 aromatic rings. The molecule has 1 unspecified atom stereocenters. The summed E-state index contributed by atoms with van der Waals surface area (Å²) in [5.74, 6) is -0.208. The van der Waals surface area contributed by atoms with E-state index in [1.165, 1.54) is 0 Å². The maximum Gasteiger partial charge on any atom is 0.325 e. The number of ether oxygens (including phenoxy) is 2. The maximum atomic E-state index is 11.7. The molecule has 15 heavy (non-hydrogen) atoms. The summed E-state index contributed by atoms with van der Waals surface area (Å²) < 4.78 is 10.6. The highest BCUT2D eigenvalue weighted by Gasteiger charge is 2.29. The summed E-state index contributed by atoms with van der Waals surface area (Å²) in [6.07, 6.45) is 2.17. The number of nitrogens with one attached hydrogen (secondary N) is 1. The third-order valence-electron chi connectivity index (χ3n) is 2.55. The van der Waals surface area contributed by atoms with Crippen LogP contribution in [0.25, 0.3) is 0 Å². The standard InChI is InChI=1S/C11H21NO3/c1-4-12-11(2,3)10(13)15-8-9-6-5-7-14-9/h9,12H,4-8H2,1-3H3. The van der Waals surface area contributed by atoms with Gasteiger partial charge in [-0.15, -0.1) is 0 Å². The molecule has 1 atom stereocenters. The van der Waals surface area contributed by atoms with Crippen LogP contribution in [0.1, 0.15) is 33.6 Å². The van der Waals surface area contributed by atoms with Crippen LogP contribution in [0.15, 0.2) is 0 Å². The monoisotopic (exact) mass is 215 g/mol. The number of rotatable bonds is 5. The van der Waals surface area contributed by atoms with Crippen molar-refractivity contribution in [3.63, 3.8) is 0 Å². The molecule has 0 bridgehead atoms. The van der Waals surface area contributed by atoms with E-state index in [9.17, 15) is 4.79 Å². The van der Waals surface area contributed by atoms with Crippen molar-refractivity contribution in [1.29, 1.82) is 0 Å². The lowest BCUT2D eigenvalue weighted by molar-refractivity contribution is -0.153. The largest absolute Gasteiger partial charge is 0.462 e. The maximum absolute atomic E-state index is 11.7. The van der Waals surface area contributed by atoms with E-state index >= 15 is 0 Å². The quantitative estimate of drug-likeness (QED) is 0.698. The molecule has 0 radical (unpaired) electrons. The van der Waals surface area contributed by atoms with Crippen LogP contribution in [0.2, 0.25) is 0 Å². The zero-order chi connectivity index (χ0) is 11.3. The van der Waals surface area contributed by atoms with Gasteiger partial charge < -0.3 is 14.8 Å². The van der Waals surface area contributed by atoms with E-state index in [0.717, 1.165) is 26.0 Å². The molecule has 4 heteroatoms. The Kier molecular flexibility index (Phi) is 4.54. The smallest absolute Gasteiger partial charge is 0.325 e. The van der Waals surface area contributed by atoms with E-state index in [-0.39, 0.29) is 12.1 Å². The molecule has 1 rings (SSSR count). The van der Waals surface area contributed by atoms with Crippen molar-refractivity contribution in [2.45, 2.75) is 45.3 Å². The van der Waals surface area contributed by atoms with Crippen LogP contribution in [0.5, 0.6) is 0 Å². The minimum atomic E-state index is -0.604. The Hall–Kier alpha value is -0.610. The summed E-state index contributed by atoms with van der Waals surface area (Å²) in [7, 11) is 0. The summed E-state index contributed by atoms with van der Waals surface area (Å²) in [6, 6.07) is 0. The highest BCUT2D eigenvalue weighted by molar-refractivity contribution is 5.79. The average Bonchev–Trinajstić information content (AvgIpc) is 2.66. The summed E-state index contributed by atoms with van der Waals surface area (Å²) in [4.78, 5) is 11.7. The minimum Gasteiger partial charge on any atom is -0.462 e. The third kappa shape index (κ3) is 3.80. The lowest BCUT2D eigenvalue weighted by Gasteiger charge is -2.24. The second-order valence-corrected chi connectivity index (χ2v) is 4.39. The van der Waals surface area contributed by atoms with Gasteiger partial charge in [0.05, 0.1) is 6.10 Å². The zero-order valence-electron chi connectivity index (χ0n) is 9.84. The number of hydrogen-bond acceptors (Lipinski definition) is 4. The molecule has 1 saturated heterocycles. The molecule has 0 saturated carbocycles. The number of carbonyl (C=O) groups is 1. The summed E-state index contributed by atoms with van der Waals surface area (Å²) >= 11 is 0. The first-order valence-corrected chi connectivity index (χ1v) is 5.60. The predicted octanol–water partition coefficient (Wildman–Crippen LogP) is 1.10. The van der Waals surface area contributed by atoms with Crippen molar-refractivity contribution in [2.24, 2.45) is 0 Å². The first kappa shape index (κ1) is 12.5. The molecule has 4 nitrogen and oxygen atoms in total. The second-order valence-electron chi connectivity index (χ2n) is 4.39. The summed E-state index contributed by atoms with van der Waals surface area (Å²) in [5.41, 5.74) is -0.604. The molecular weight excluding hydrogens is 194 g/mol. The zero-order valence-corrected chi connectivity index (χ0v) is 9.84. The van der Waals surface area contributed by atoms with Gasteiger partial charge in [-0.2, -0.15) is 0 Å². The molecule has 88 valence electrons. The molecule has 1 aliphatic rings. The van der Waals surface area contributed by atoms with Crippen molar-refractivity contribution in [3.8, 4) is 0 Å². The SMILES string of the molecule is CCNC(C)(C)C(=O)OCC1CCCO1. The van der Waals surface area contributed by atoms with Crippen LogP contribution < -0.4 is 5.32 Å². The van der Waals surface area contributed by atoms with Gasteiger partial charge in [-0.05, 0) is 33.2 Å². The number of carbonyl (C=O) groups excluding carboxylic acids is 1. The van der Waals surface area contributed by atoms with Crippen LogP contribution >= 0.6 is 0 Å². The van der Waals surface area contributed by atoms with Crippen molar-refractivity contribution < 1.29 is 14.3 Å². The molecule has 0 amide bonds. The van der Waals surface area contributed by atoms with Crippen molar-refractivity contribution in [1.82, 2.24) is 5.32 Å². The van der Waals surface area contributed by atoms with Gasteiger partial charge in [0.15, 0.2) is 0 Å². The fourth-order valence-electron chi connectivity index (χ4n) is 1.64. The topological polar surface area (TPSA) is 47.6 Å². The van der Waals surface area contributed by atoms with Crippen LogP contribution in [-0.4, -0.2) is 37.4 Å². The second kappa shape index (κ2) is 5.47.